The van der Waals surface area contributed by atoms with Crippen LogP contribution in [-0.4, -0.2) is 16.6 Å². The molecule has 5 rings (SSSR count). The Labute approximate surface area is 139 Å². The molecular weight excluding hydrogens is 302 g/mol. The predicted molar refractivity (Wildman–Crippen MR) is 91.5 cm³/mol. The van der Waals surface area contributed by atoms with Gasteiger partial charge in [0, 0.05) is 16.8 Å². The van der Waals surface area contributed by atoms with Crippen molar-refractivity contribution >= 4 is 5.69 Å². The molecule has 2 aliphatic heterocycles. The molecule has 120 valence electrons. The molecule has 3 aromatic rings. The fourth-order valence-corrected chi connectivity index (χ4v) is 3.49. The van der Waals surface area contributed by atoms with Crippen LogP contribution < -0.4 is 14.8 Å². The van der Waals surface area contributed by atoms with E-state index in [4.69, 9.17) is 14.6 Å². The van der Waals surface area contributed by atoms with Crippen molar-refractivity contribution in [1.82, 2.24) is 9.78 Å². The third-order valence-electron chi connectivity index (χ3n) is 4.64. The highest BCUT2D eigenvalue weighted by molar-refractivity contribution is 5.81. The molecule has 0 spiro atoms. The number of hydrogen-bond acceptors (Lipinski definition) is 4. The fraction of sp³-hybridized carbons (Fsp3) is 0.211. The molecule has 24 heavy (non-hydrogen) atoms. The monoisotopic (exact) mass is 319 g/mol. The summed E-state index contributed by atoms with van der Waals surface area (Å²) in [5.74, 6) is 1.58. The Bertz CT molecular complexity index is 961. The van der Waals surface area contributed by atoms with E-state index >= 15 is 0 Å². The Balaban J connectivity index is 1.69. The van der Waals surface area contributed by atoms with Gasteiger partial charge in [0.05, 0.1) is 11.4 Å². The number of anilines is 1. The van der Waals surface area contributed by atoms with E-state index in [9.17, 15) is 0 Å². The molecule has 0 bridgehead atoms. The smallest absolute Gasteiger partial charge is 0.231 e. The molecule has 3 heterocycles. The van der Waals surface area contributed by atoms with Crippen LogP contribution in [0.15, 0.2) is 42.5 Å². The van der Waals surface area contributed by atoms with Crippen molar-refractivity contribution in [3.8, 4) is 22.8 Å². The third-order valence-corrected chi connectivity index (χ3v) is 4.64. The number of ether oxygens (including phenoxy) is 2. The molecular formula is C19H17N3O2. The van der Waals surface area contributed by atoms with Crippen LogP contribution >= 0.6 is 0 Å². The number of aromatic nitrogens is 2. The van der Waals surface area contributed by atoms with E-state index in [1.165, 1.54) is 11.1 Å². The molecule has 0 fully saturated rings. The lowest BCUT2D eigenvalue weighted by molar-refractivity contribution is 0.174. The number of nitrogens with zero attached hydrogens (tertiary/aromatic N) is 2. The van der Waals surface area contributed by atoms with Crippen molar-refractivity contribution in [2.75, 3.05) is 12.1 Å². The number of fused-ring (bicyclic) bond motifs is 4. The highest BCUT2D eigenvalue weighted by Crippen LogP contribution is 2.42. The number of benzene rings is 2. The normalized spacial score (nSPS) is 17.2. The zero-order chi connectivity index (χ0) is 16.3. The van der Waals surface area contributed by atoms with E-state index in [0.29, 0.717) is 0 Å². The molecule has 2 aromatic carbocycles. The summed E-state index contributed by atoms with van der Waals surface area (Å²) in [5, 5.41) is 8.36. The van der Waals surface area contributed by atoms with E-state index < -0.39 is 0 Å². The van der Waals surface area contributed by atoms with Crippen molar-refractivity contribution in [1.29, 1.82) is 0 Å². The fourth-order valence-electron chi connectivity index (χ4n) is 3.49. The van der Waals surface area contributed by atoms with Gasteiger partial charge in [0.25, 0.3) is 0 Å². The second kappa shape index (κ2) is 4.77. The second-order valence-corrected chi connectivity index (χ2v) is 6.27. The van der Waals surface area contributed by atoms with Gasteiger partial charge in [-0.1, -0.05) is 24.3 Å². The van der Waals surface area contributed by atoms with E-state index in [1.54, 1.807) is 0 Å². The first kappa shape index (κ1) is 13.5. The second-order valence-electron chi connectivity index (χ2n) is 6.27. The van der Waals surface area contributed by atoms with Crippen LogP contribution in [0.1, 0.15) is 23.0 Å². The molecule has 5 nitrogen and oxygen atoms in total. The Morgan fingerprint density at radius 2 is 1.96 bits per heavy atom. The number of para-hydroxylation sites is 1. The third kappa shape index (κ3) is 1.84. The molecule has 1 unspecified atom stereocenters. The van der Waals surface area contributed by atoms with Crippen LogP contribution in [0, 0.1) is 13.8 Å². The van der Waals surface area contributed by atoms with Gasteiger partial charge in [0.15, 0.2) is 11.5 Å². The lowest BCUT2D eigenvalue weighted by Gasteiger charge is -2.30. The zero-order valence-electron chi connectivity index (χ0n) is 13.5. The standard InChI is InChI=1S/C19H17N3O2/c1-11-4-3-5-14-15-8-12(2)21-22(15)19(20-18(11)14)13-6-7-16-17(9-13)24-10-23-16/h3-9,19-20H,10H2,1-2H3. The summed E-state index contributed by atoms with van der Waals surface area (Å²) in [6.07, 6.45) is -0.0724. The average Bonchev–Trinajstić information content (AvgIpc) is 3.19. The van der Waals surface area contributed by atoms with Gasteiger partial charge < -0.3 is 14.8 Å². The van der Waals surface area contributed by atoms with Gasteiger partial charge in [-0.25, -0.2) is 4.68 Å². The SMILES string of the molecule is Cc1cc2n(n1)C(c1ccc3c(c1)OCO3)Nc1c(C)cccc1-2. The number of hydrogen-bond donors (Lipinski definition) is 1. The average molecular weight is 319 g/mol. The highest BCUT2D eigenvalue weighted by atomic mass is 16.7. The summed E-state index contributed by atoms with van der Waals surface area (Å²) in [5.41, 5.74) is 6.81. The van der Waals surface area contributed by atoms with Crippen LogP contribution in [0.5, 0.6) is 11.5 Å². The lowest BCUT2D eigenvalue weighted by Crippen LogP contribution is -2.26. The maximum absolute atomic E-state index is 5.54. The van der Waals surface area contributed by atoms with Gasteiger partial charge in [-0.2, -0.15) is 5.10 Å². The summed E-state index contributed by atoms with van der Waals surface area (Å²) in [6.45, 7) is 4.43. The van der Waals surface area contributed by atoms with Crippen LogP contribution in [0.4, 0.5) is 5.69 Å². The minimum Gasteiger partial charge on any atom is -0.454 e. The lowest BCUT2D eigenvalue weighted by atomic mass is 10.0. The Kier molecular flexibility index (Phi) is 2.68. The molecule has 5 heteroatoms. The van der Waals surface area contributed by atoms with E-state index in [0.717, 1.165) is 34.1 Å². The summed E-state index contributed by atoms with van der Waals surface area (Å²) >= 11 is 0. The quantitative estimate of drug-likeness (QED) is 0.740. The van der Waals surface area contributed by atoms with Gasteiger partial charge in [-0.05, 0) is 37.6 Å². The van der Waals surface area contributed by atoms with E-state index in [1.807, 2.05) is 19.1 Å². The molecule has 0 aliphatic carbocycles. The summed E-state index contributed by atoms with van der Waals surface area (Å²) < 4.78 is 13.0. The topological polar surface area (TPSA) is 48.3 Å². The van der Waals surface area contributed by atoms with Crippen LogP contribution in [0.2, 0.25) is 0 Å². The molecule has 1 N–H and O–H groups in total. The van der Waals surface area contributed by atoms with E-state index in [-0.39, 0.29) is 13.0 Å². The van der Waals surface area contributed by atoms with Crippen molar-refractivity contribution in [3.05, 3.63) is 59.3 Å². The summed E-state index contributed by atoms with van der Waals surface area (Å²) in [4.78, 5) is 0. The Morgan fingerprint density at radius 3 is 2.88 bits per heavy atom. The Morgan fingerprint density at radius 1 is 1.08 bits per heavy atom. The molecule has 0 saturated carbocycles. The summed E-state index contributed by atoms with van der Waals surface area (Å²) in [7, 11) is 0. The maximum atomic E-state index is 5.54. The van der Waals surface area contributed by atoms with Gasteiger partial charge in [-0.15, -0.1) is 0 Å². The number of aryl methyl sites for hydroxylation is 2. The largest absolute Gasteiger partial charge is 0.454 e. The van der Waals surface area contributed by atoms with Crippen molar-refractivity contribution < 1.29 is 9.47 Å². The van der Waals surface area contributed by atoms with Crippen molar-refractivity contribution in [2.24, 2.45) is 0 Å². The zero-order valence-corrected chi connectivity index (χ0v) is 13.5. The van der Waals surface area contributed by atoms with Gasteiger partial charge in [0.1, 0.15) is 6.17 Å². The number of nitrogens with one attached hydrogen (secondary N) is 1. The van der Waals surface area contributed by atoms with Crippen LogP contribution in [0.3, 0.4) is 0 Å². The molecule has 1 aromatic heterocycles. The first-order valence-electron chi connectivity index (χ1n) is 8.03. The highest BCUT2D eigenvalue weighted by Gasteiger charge is 2.28. The van der Waals surface area contributed by atoms with Crippen LogP contribution in [-0.2, 0) is 0 Å². The van der Waals surface area contributed by atoms with E-state index in [2.05, 4.69) is 47.3 Å². The first-order valence-corrected chi connectivity index (χ1v) is 8.03. The Hall–Kier alpha value is -2.95. The van der Waals surface area contributed by atoms with Gasteiger partial charge in [0.2, 0.25) is 6.79 Å². The summed E-state index contributed by atoms with van der Waals surface area (Å²) in [6, 6.07) is 14.5. The maximum Gasteiger partial charge on any atom is 0.231 e. The van der Waals surface area contributed by atoms with Crippen LogP contribution in [0.25, 0.3) is 11.3 Å². The predicted octanol–water partition coefficient (Wildman–Crippen LogP) is 3.87. The molecule has 0 saturated heterocycles. The number of rotatable bonds is 1. The minimum absolute atomic E-state index is 0.0724. The molecule has 0 radical (unpaired) electrons. The van der Waals surface area contributed by atoms with Crippen molar-refractivity contribution in [2.45, 2.75) is 20.0 Å². The van der Waals surface area contributed by atoms with Gasteiger partial charge in [-0.3, -0.25) is 0 Å². The molecule has 0 amide bonds. The van der Waals surface area contributed by atoms with Crippen molar-refractivity contribution in [3.63, 3.8) is 0 Å². The minimum atomic E-state index is -0.0724. The first-order chi connectivity index (χ1) is 11.7. The molecule has 2 aliphatic rings. The molecule has 1 atom stereocenters. The van der Waals surface area contributed by atoms with Gasteiger partial charge >= 0.3 is 0 Å².